The molecular weight excluding hydrogens is 288 g/mol. The van der Waals surface area contributed by atoms with Crippen molar-refractivity contribution in [3.63, 3.8) is 0 Å². The fraction of sp³-hybridized carbons (Fsp3) is 0.400. The third-order valence-corrected chi connectivity index (χ3v) is 2.67. The quantitative estimate of drug-likeness (QED) is 0.661. The van der Waals surface area contributed by atoms with Gasteiger partial charge in [-0.1, -0.05) is 12.1 Å². The lowest BCUT2D eigenvalue weighted by Gasteiger charge is -2.07. The van der Waals surface area contributed by atoms with Gasteiger partial charge >= 0.3 is 5.97 Å². The van der Waals surface area contributed by atoms with Crippen molar-refractivity contribution < 1.29 is 23.9 Å². The number of carbonyl (C=O) groups excluding carboxylic acids is 3. The fourth-order valence-corrected chi connectivity index (χ4v) is 1.64. The molecule has 0 fully saturated rings. The van der Waals surface area contributed by atoms with E-state index < -0.39 is 18.5 Å². The first-order valence-corrected chi connectivity index (χ1v) is 6.87. The van der Waals surface area contributed by atoms with E-state index in [0.29, 0.717) is 12.3 Å². The molecule has 0 spiro atoms. The monoisotopic (exact) mass is 308 g/mol. The molecule has 0 saturated carbocycles. The molecule has 1 aromatic rings. The summed E-state index contributed by atoms with van der Waals surface area (Å²) in [6.45, 7) is 1.71. The Hall–Kier alpha value is -2.57. The van der Waals surface area contributed by atoms with Crippen LogP contribution in [0, 0.1) is 0 Å². The average molecular weight is 308 g/mol. The van der Waals surface area contributed by atoms with E-state index in [2.05, 4.69) is 10.6 Å². The highest BCUT2D eigenvalue weighted by Gasteiger charge is 2.10. The standard InChI is InChI=1S/C15H20N2O5/c1-3-16-13(18)9-17-14(19)10-22-15(20)8-11-5-4-6-12(7-11)21-2/h4-7H,3,8-10H2,1-2H3,(H,16,18)(H,17,19). The Bertz CT molecular complexity index is 530. The highest BCUT2D eigenvalue weighted by molar-refractivity contribution is 5.86. The van der Waals surface area contributed by atoms with Crippen molar-refractivity contribution in [3.8, 4) is 5.75 Å². The second-order valence-electron chi connectivity index (χ2n) is 4.42. The zero-order valence-corrected chi connectivity index (χ0v) is 12.7. The molecule has 1 aromatic carbocycles. The number of ether oxygens (including phenoxy) is 2. The second kappa shape index (κ2) is 9.38. The Labute approximate surface area is 129 Å². The lowest BCUT2D eigenvalue weighted by molar-refractivity contribution is -0.147. The molecule has 0 heterocycles. The molecule has 0 unspecified atom stereocenters. The van der Waals surface area contributed by atoms with E-state index in [1.165, 1.54) is 7.11 Å². The van der Waals surface area contributed by atoms with Gasteiger partial charge in [0, 0.05) is 6.54 Å². The Balaban J connectivity index is 2.30. The van der Waals surface area contributed by atoms with Crippen molar-refractivity contribution in [2.45, 2.75) is 13.3 Å². The second-order valence-corrected chi connectivity index (χ2v) is 4.42. The maximum absolute atomic E-state index is 11.6. The summed E-state index contributed by atoms with van der Waals surface area (Å²) in [6.07, 6.45) is 0.0425. The molecule has 2 N–H and O–H groups in total. The van der Waals surface area contributed by atoms with E-state index in [0.717, 1.165) is 5.56 Å². The third kappa shape index (κ3) is 6.74. The highest BCUT2D eigenvalue weighted by atomic mass is 16.5. The van der Waals surface area contributed by atoms with Crippen molar-refractivity contribution in [2.75, 3.05) is 26.8 Å². The van der Waals surface area contributed by atoms with Crippen LogP contribution in [0.4, 0.5) is 0 Å². The first-order chi connectivity index (χ1) is 10.5. The van der Waals surface area contributed by atoms with E-state index in [1.807, 2.05) is 0 Å². The van der Waals surface area contributed by atoms with E-state index in [9.17, 15) is 14.4 Å². The van der Waals surface area contributed by atoms with Gasteiger partial charge < -0.3 is 20.1 Å². The number of hydrogen-bond acceptors (Lipinski definition) is 5. The molecule has 0 aliphatic heterocycles. The molecule has 1 rings (SSSR count). The summed E-state index contributed by atoms with van der Waals surface area (Å²) in [6, 6.07) is 7.01. The van der Waals surface area contributed by atoms with Crippen molar-refractivity contribution in [1.82, 2.24) is 10.6 Å². The molecule has 2 amide bonds. The SMILES string of the molecule is CCNC(=O)CNC(=O)COC(=O)Cc1cccc(OC)c1. The van der Waals surface area contributed by atoms with Gasteiger partial charge in [-0.3, -0.25) is 14.4 Å². The van der Waals surface area contributed by atoms with Crippen LogP contribution in [0.25, 0.3) is 0 Å². The van der Waals surface area contributed by atoms with Gasteiger partial charge in [0.15, 0.2) is 6.61 Å². The number of amides is 2. The van der Waals surface area contributed by atoms with Gasteiger partial charge in [0.05, 0.1) is 20.1 Å². The van der Waals surface area contributed by atoms with Gasteiger partial charge in [0.2, 0.25) is 5.91 Å². The topological polar surface area (TPSA) is 93.7 Å². The highest BCUT2D eigenvalue weighted by Crippen LogP contribution is 2.13. The molecule has 0 bridgehead atoms. The zero-order chi connectivity index (χ0) is 16.4. The molecule has 7 nitrogen and oxygen atoms in total. The van der Waals surface area contributed by atoms with Crippen molar-refractivity contribution in [3.05, 3.63) is 29.8 Å². The minimum atomic E-state index is -0.526. The number of hydrogen-bond donors (Lipinski definition) is 2. The molecule has 0 radical (unpaired) electrons. The van der Waals surface area contributed by atoms with E-state index in [-0.39, 0.29) is 18.9 Å². The minimum absolute atomic E-state index is 0.0425. The van der Waals surface area contributed by atoms with Gasteiger partial charge in [0.1, 0.15) is 5.75 Å². The summed E-state index contributed by atoms with van der Waals surface area (Å²) in [4.78, 5) is 34.2. The van der Waals surface area contributed by atoms with Crippen LogP contribution in [-0.2, 0) is 25.5 Å². The first kappa shape index (κ1) is 17.5. The van der Waals surface area contributed by atoms with Gasteiger partial charge in [-0.05, 0) is 24.6 Å². The van der Waals surface area contributed by atoms with Crippen molar-refractivity contribution >= 4 is 17.8 Å². The van der Waals surface area contributed by atoms with Crippen LogP contribution in [0.5, 0.6) is 5.75 Å². The van der Waals surface area contributed by atoms with Crippen LogP contribution in [0.2, 0.25) is 0 Å². The Kier molecular flexibility index (Phi) is 7.45. The van der Waals surface area contributed by atoms with Crippen LogP contribution < -0.4 is 15.4 Å². The maximum atomic E-state index is 11.6. The van der Waals surface area contributed by atoms with E-state index in [1.54, 1.807) is 31.2 Å². The number of rotatable bonds is 8. The summed E-state index contributed by atoms with van der Waals surface area (Å²) >= 11 is 0. The number of methoxy groups -OCH3 is 1. The Morgan fingerprint density at radius 2 is 1.91 bits per heavy atom. The van der Waals surface area contributed by atoms with Crippen molar-refractivity contribution in [2.24, 2.45) is 0 Å². The molecule has 0 aliphatic carbocycles. The number of esters is 1. The summed E-state index contributed by atoms with van der Waals surface area (Å²) in [5.41, 5.74) is 0.729. The first-order valence-electron chi connectivity index (χ1n) is 6.87. The Morgan fingerprint density at radius 3 is 2.59 bits per heavy atom. The molecule has 22 heavy (non-hydrogen) atoms. The third-order valence-electron chi connectivity index (χ3n) is 2.67. The predicted molar refractivity (Wildman–Crippen MR) is 79.4 cm³/mol. The lowest BCUT2D eigenvalue weighted by Crippen LogP contribution is -2.38. The molecule has 120 valence electrons. The fourth-order valence-electron chi connectivity index (χ4n) is 1.64. The zero-order valence-electron chi connectivity index (χ0n) is 12.7. The van der Waals surface area contributed by atoms with Gasteiger partial charge in [-0.15, -0.1) is 0 Å². The molecule has 0 aliphatic rings. The normalized spacial score (nSPS) is 9.73. The Morgan fingerprint density at radius 1 is 1.14 bits per heavy atom. The van der Waals surface area contributed by atoms with Gasteiger partial charge in [-0.2, -0.15) is 0 Å². The summed E-state index contributed by atoms with van der Waals surface area (Å²) in [7, 11) is 1.54. The molecular formula is C15H20N2O5. The molecule has 0 saturated heterocycles. The van der Waals surface area contributed by atoms with Gasteiger partial charge in [0.25, 0.3) is 5.91 Å². The molecule has 0 atom stereocenters. The van der Waals surface area contributed by atoms with Crippen molar-refractivity contribution in [1.29, 1.82) is 0 Å². The van der Waals surface area contributed by atoms with Crippen LogP contribution in [0.1, 0.15) is 12.5 Å². The lowest BCUT2D eigenvalue weighted by atomic mass is 10.1. The largest absolute Gasteiger partial charge is 0.497 e. The number of benzene rings is 1. The number of nitrogens with one attached hydrogen (secondary N) is 2. The minimum Gasteiger partial charge on any atom is -0.497 e. The van der Waals surface area contributed by atoms with E-state index >= 15 is 0 Å². The summed E-state index contributed by atoms with van der Waals surface area (Å²) < 4.78 is 9.90. The smallest absolute Gasteiger partial charge is 0.310 e. The van der Waals surface area contributed by atoms with Crippen LogP contribution in [0.3, 0.4) is 0 Å². The molecule has 0 aromatic heterocycles. The number of likely N-dealkylation sites (N-methyl/N-ethyl adjacent to an activating group) is 1. The van der Waals surface area contributed by atoms with Crippen LogP contribution in [0.15, 0.2) is 24.3 Å². The summed E-state index contributed by atoms with van der Waals surface area (Å²) in [5, 5.41) is 4.89. The predicted octanol–water partition coefficient (Wildman–Crippen LogP) is 0.0332. The van der Waals surface area contributed by atoms with E-state index in [4.69, 9.17) is 9.47 Å². The van der Waals surface area contributed by atoms with Gasteiger partial charge in [-0.25, -0.2) is 0 Å². The van der Waals surface area contributed by atoms with Crippen LogP contribution in [-0.4, -0.2) is 44.6 Å². The maximum Gasteiger partial charge on any atom is 0.310 e. The number of carbonyl (C=O) groups is 3. The molecule has 7 heteroatoms. The average Bonchev–Trinajstić information content (AvgIpc) is 2.51. The van der Waals surface area contributed by atoms with Crippen LogP contribution >= 0.6 is 0 Å². The summed E-state index contributed by atoms with van der Waals surface area (Å²) in [5.74, 6) is -0.699.